The molecule has 9 heteroatoms. The Hall–Kier alpha value is -2.26. The number of nitrogens with one attached hydrogen (secondary N) is 1. The number of carbonyl (C=O) groups is 2. The predicted octanol–water partition coefficient (Wildman–Crippen LogP) is 1.13. The maximum absolute atomic E-state index is 12.4. The van der Waals surface area contributed by atoms with Gasteiger partial charge in [0.05, 0.1) is 37.6 Å². The molecule has 25 heavy (non-hydrogen) atoms. The van der Waals surface area contributed by atoms with Gasteiger partial charge in [0.2, 0.25) is 5.82 Å². The summed E-state index contributed by atoms with van der Waals surface area (Å²) in [5, 5.41) is 5.58. The van der Waals surface area contributed by atoms with Gasteiger partial charge in [-0.3, -0.25) is 9.59 Å². The summed E-state index contributed by atoms with van der Waals surface area (Å²) in [7, 11) is 1.31. The fourth-order valence-electron chi connectivity index (χ4n) is 2.66. The van der Waals surface area contributed by atoms with Crippen molar-refractivity contribution < 1.29 is 19.1 Å². The summed E-state index contributed by atoms with van der Waals surface area (Å²) < 4.78 is 9.96. The molecule has 1 saturated heterocycles. The number of nitrogens with zero attached hydrogens (tertiary/aromatic N) is 3. The molecule has 2 aromatic rings. The van der Waals surface area contributed by atoms with E-state index in [4.69, 9.17) is 4.74 Å². The van der Waals surface area contributed by atoms with Gasteiger partial charge < -0.3 is 19.7 Å². The Morgan fingerprint density at radius 3 is 2.84 bits per heavy atom. The van der Waals surface area contributed by atoms with E-state index in [-0.39, 0.29) is 24.8 Å². The van der Waals surface area contributed by atoms with Crippen molar-refractivity contribution in [3.63, 3.8) is 0 Å². The zero-order chi connectivity index (χ0) is 17.8. The molecule has 1 amide bonds. The highest BCUT2D eigenvalue weighted by molar-refractivity contribution is 7.11. The number of amides is 1. The Kier molecular flexibility index (Phi) is 5.44. The van der Waals surface area contributed by atoms with E-state index >= 15 is 0 Å². The Morgan fingerprint density at radius 1 is 1.36 bits per heavy atom. The second kappa shape index (κ2) is 7.75. The molecule has 0 bridgehead atoms. The maximum atomic E-state index is 12.4. The van der Waals surface area contributed by atoms with Crippen molar-refractivity contribution in [1.29, 1.82) is 0 Å². The van der Waals surface area contributed by atoms with E-state index in [1.165, 1.54) is 7.11 Å². The lowest BCUT2D eigenvalue weighted by molar-refractivity contribution is -0.140. The van der Waals surface area contributed by atoms with Crippen molar-refractivity contribution in [2.45, 2.75) is 13.3 Å². The third kappa shape index (κ3) is 3.88. The second-order valence-corrected chi connectivity index (χ2v) is 6.69. The van der Waals surface area contributed by atoms with Crippen LogP contribution in [0.5, 0.6) is 0 Å². The summed E-state index contributed by atoms with van der Waals surface area (Å²) in [6.07, 6.45) is 0.109. The molecule has 0 atom stereocenters. The zero-order valence-corrected chi connectivity index (χ0v) is 15.0. The number of aromatic nitrogens is 2. The van der Waals surface area contributed by atoms with Crippen LogP contribution in [-0.4, -0.2) is 61.8 Å². The van der Waals surface area contributed by atoms with Crippen LogP contribution in [0, 0.1) is 6.92 Å². The van der Waals surface area contributed by atoms with Gasteiger partial charge in [0, 0.05) is 29.9 Å². The number of hydrogen-bond acceptors (Lipinski definition) is 8. The van der Waals surface area contributed by atoms with Crippen LogP contribution in [0.3, 0.4) is 0 Å². The van der Waals surface area contributed by atoms with E-state index in [1.807, 2.05) is 12.3 Å². The molecule has 8 nitrogen and oxygen atoms in total. The van der Waals surface area contributed by atoms with E-state index in [2.05, 4.69) is 24.9 Å². The van der Waals surface area contributed by atoms with Gasteiger partial charge >= 0.3 is 5.97 Å². The van der Waals surface area contributed by atoms with Gasteiger partial charge in [-0.05, 0) is 6.92 Å². The average Bonchev–Trinajstić information content (AvgIpc) is 3.02. The van der Waals surface area contributed by atoms with Crippen LogP contribution in [0.25, 0.3) is 10.9 Å². The quantitative estimate of drug-likeness (QED) is 0.795. The van der Waals surface area contributed by atoms with Gasteiger partial charge in [-0.1, -0.05) is 0 Å². The van der Waals surface area contributed by atoms with Gasteiger partial charge in [0.25, 0.3) is 5.91 Å². The molecule has 3 heterocycles. The molecule has 0 unspecified atom stereocenters. The predicted molar refractivity (Wildman–Crippen MR) is 94.2 cm³/mol. The SMILES string of the molecule is COC(=O)CCNC(=O)c1nc(N2CCOCC2)c2c(C)scc2n1. The van der Waals surface area contributed by atoms with Gasteiger partial charge in [-0.2, -0.15) is 0 Å². The highest BCUT2D eigenvalue weighted by atomic mass is 32.1. The van der Waals surface area contributed by atoms with Crippen molar-refractivity contribution >= 4 is 39.9 Å². The molecule has 1 aliphatic rings. The van der Waals surface area contributed by atoms with Crippen LogP contribution in [0.2, 0.25) is 0 Å². The highest BCUT2D eigenvalue weighted by Gasteiger charge is 2.21. The summed E-state index contributed by atoms with van der Waals surface area (Å²) >= 11 is 1.59. The lowest BCUT2D eigenvalue weighted by Crippen LogP contribution is -2.37. The molecule has 0 aliphatic carbocycles. The van der Waals surface area contributed by atoms with Gasteiger partial charge in [-0.15, -0.1) is 11.3 Å². The van der Waals surface area contributed by atoms with Crippen LogP contribution >= 0.6 is 11.3 Å². The van der Waals surface area contributed by atoms with Crippen molar-refractivity contribution in [2.75, 3.05) is 44.9 Å². The smallest absolute Gasteiger partial charge is 0.307 e. The highest BCUT2D eigenvalue weighted by Crippen LogP contribution is 2.31. The molecular formula is C16H20N4O4S. The first kappa shape index (κ1) is 17.6. The summed E-state index contributed by atoms with van der Waals surface area (Å²) in [4.78, 5) is 35.7. The molecule has 134 valence electrons. The molecule has 0 spiro atoms. The van der Waals surface area contributed by atoms with E-state index in [0.717, 1.165) is 34.7 Å². The number of aryl methyl sites for hydroxylation is 1. The Labute approximate surface area is 149 Å². The largest absolute Gasteiger partial charge is 0.469 e. The Balaban J connectivity index is 1.86. The number of hydrogen-bond donors (Lipinski definition) is 1. The summed E-state index contributed by atoms with van der Waals surface area (Å²) in [6.45, 7) is 4.93. The molecule has 2 aromatic heterocycles. The molecule has 1 aliphatic heterocycles. The molecule has 0 aromatic carbocycles. The zero-order valence-electron chi connectivity index (χ0n) is 14.2. The standard InChI is InChI=1S/C16H20N4O4S/c1-10-13-11(9-25-10)18-14(16(22)17-4-3-12(21)23-2)19-15(13)20-5-7-24-8-6-20/h9H,3-8H2,1-2H3,(H,17,22). The average molecular weight is 364 g/mol. The number of thiophene rings is 1. The molecule has 0 radical (unpaired) electrons. The third-order valence-corrected chi connectivity index (χ3v) is 4.87. The fourth-order valence-corrected chi connectivity index (χ4v) is 3.43. The molecule has 1 fully saturated rings. The number of ether oxygens (including phenoxy) is 2. The first-order valence-electron chi connectivity index (χ1n) is 8.03. The van der Waals surface area contributed by atoms with Crippen LogP contribution < -0.4 is 10.2 Å². The number of anilines is 1. The van der Waals surface area contributed by atoms with Crippen LogP contribution in [0.4, 0.5) is 5.82 Å². The van der Waals surface area contributed by atoms with Crippen molar-refractivity contribution in [1.82, 2.24) is 15.3 Å². The number of methoxy groups -OCH3 is 1. The van der Waals surface area contributed by atoms with Crippen molar-refractivity contribution in [2.24, 2.45) is 0 Å². The Morgan fingerprint density at radius 2 is 2.12 bits per heavy atom. The van der Waals surface area contributed by atoms with Gasteiger partial charge in [0.1, 0.15) is 5.82 Å². The maximum Gasteiger partial charge on any atom is 0.307 e. The van der Waals surface area contributed by atoms with Gasteiger partial charge in [0.15, 0.2) is 0 Å². The number of fused-ring (bicyclic) bond motifs is 1. The third-order valence-electron chi connectivity index (χ3n) is 3.97. The second-order valence-electron chi connectivity index (χ2n) is 5.60. The summed E-state index contributed by atoms with van der Waals surface area (Å²) in [6, 6.07) is 0. The van der Waals surface area contributed by atoms with Crippen LogP contribution in [0.15, 0.2) is 5.38 Å². The van der Waals surface area contributed by atoms with Crippen LogP contribution in [0.1, 0.15) is 21.9 Å². The van der Waals surface area contributed by atoms with E-state index in [1.54, 1.807) is 11.3 Å². The molecule has 3 rings (SSSR count). The number of rotatable bonds is 5. The lowest BCUT2D eigenvalue weighted by Gasteiger charge is -2.28. The summed E-state index contributed by atoms with van der Waals surface area (Å²) in [5.41, 5.74) is 0.761. The topological polar surface area (TPSA) is 93.6 Å². The first-order valence-corrected chi connectivity index (χ1v) is 8.91. The Bertz CT molecular complexity index is 786. The van der Waals surface area contributed by atoms with Crippen LogP contribution in [-0.2, 0) is 14.3 Å². The van der Waals surface area contributed by atoms with E-state index in [0.29, 0.717) is 13.2 Å². The van der Waals surface area contributed by atoms with Gasteiger partial charge in [-0.25, -0.2) is 9.97 Å². The van der Waals surface area contributed by atoms with Crippen molar-refractivity contribution in [3.8, 4) is 0 Å². The van der Waals surface area contributed by atoms with E-state index in [9.17, 15) is 9.59 Å². The minimum Gasteiger partial charge on any atom is -0.469 e. The molecular weight excluding hydrogens is 344 g/mol. The first-order chi connectivity index (χ1) is 12.1. The monoisotopic (exact) mass is 364 g/mol. The minimum atomic E-state index is -0.399. The normalized spacial score (nSPS) is 14.6. The summed E-state index contributed by atoms with van der Waals surface area (Å²) in [5.74, 6) is 0.102. The number of esters is 1. The van der Waals surface area contributed by atoms with E-state index < -0.39 is 5.91 Å². The number of morpholine rings is 1. The van der Waals surface area contributed by atoms with Crippen molar-refractivity contribution in [3.05, 3.63) is 16.1 Å². The molecule has 1 N–H and O–H groups in total. The number of carbonyl (C=O) groups excluding carboxylic acids is 2. The minimum absolute atomic E-state index is 0.108. The fraction of sp³-hybridized carbons (Fsp3) is 0.500. The lowest BCUT2D eigenvalue weighted by atomic mass is 10.2. The molecule has 0 saturated carbocycles.